The molecule has 1 aliphatic carbocycles. The number of anilines is 2. The Morgan fingerprint density at radius 3 is 2.31 bits per heavy atom. The number of ether oxygens (including phenoxy) is 3. The molecule has 0 spiro atoms. The predicted molar refractivity (Wildman–Crippen MR) is 137 cm³/mol. The first-order valence-electron chi connectivity index (χ1n) is 12.3. The van der Waals surface area contributed by atoms with Crippen molar-refractivity contribution in [3.63, 3.8) is 0 Å². The van der Waals surface area contributed by atoms with Crippen LogP contribution >= 0.6 is 0 Å². The Morgan fingerprint density at radius 1 is 0.917 bits per heavy atom. The first-order chi connectivity index (χ1) is 17.5. The van der Waals surface area contributed by atoms with Crippen molar-refractivity contribution < 1.29 is 23.8 Å². The molecule has 0 saturated heterocycles. The molecule has 1 unspecified atom stereocenters. The summed E-state index contributed by atoms with van der Waals surface area (Å²) in [5, 5.41) is 0. The highest BCUT2D eigenvalue weighted by Crippen LogP contribution is 2.46. The van der Waals surface area contributed by atoms with Gasteiger partial charge in [0.25, 0.3) is 0 Å². The Kier molecular flexibility index (Phi) is 6.67. The molecule has 36 heavy (non-hydrogen) atoms. The van der Waals surface area contributed by atoms with E-state index in [-0.39, 0.29) is 17.9 Å². The molecule has 2 heterocycles. The molecule has 1 atom stereocenters. The van der Waals surface area contributed by atoms with Gasteiger partial charge in [0.1, 0.15) is 5.75 Å². The van der Waals surface area contributed by atoms with Gasteiger partial charge in [-0.2, -0.15) is 0 Å². The molecule has 8 nitrogen and oxygen atoms in total. The van der Waals surface area contributed by atoms with Crippen molar-refractivity contribution in [2.24, 2.45) is 10.9 Å². The monoisotopic (exact) mass is 489 g/mol. The summed E-state index contributed by atoms with van der Waals surface area (Å²) in [6, 6.07) is 13.3. The van der Waals surface area contributed by atoms with E-state index in [1.165, 1.54) is 20.6 Å². The number of guanidine groups is 1. The molecule has 5 rings (SSSR count). The van der Waals surface area contributed by atoms with Crippen LogP contribution in [0.25, 0.3) is 0 Å². The number of carbonyl (C=O) groups excluding carboxylic acids is 2. The van der Waals surface area contributed by atoms with Crippen molar-refractivity contribution in [1.29, 1.82) is 0 Å². The van der Waals surface area contributed by atoms with Crippen molar-refractivity contribution in [2.75, 3.05) is 31.1 Å². The summed E-state index contributed by atoms with van der Waals surface area (Å²) < 4.78 is 15.5. The van der Waals surface area contributed by atoms with E-state index in [1.807, 2.05) is 36.4 Å². The summed E-state index contributed by atoms with van der Waals surface area (Å²) in [6.45, 7) is 0.572. The zero-order valence-electron chi connectivity index (χ0n) is 20.9. The molecule has 0 aromatic heterocycles. The predicted octanol–water partition coefficient (Wildman–Crippen LogP) is 4.68. The van der Waals surface area contributed by atoms with E-state index < -0.39 is 5.97 Å². The third-order valence-electron chi connectivity index (χ3n) is 7.34. The number of methoxy groups -OCH3 is 3. The van der Waals surface area contributed by atoms with E-state index in [1.54, 1.807) is 19.4 Å². The van der Waals surface area contributed by atoms with Crippen molar-refractivity contribution in [1.82, 2.24) is 0 Å². The molecule has 8 heteroatoms. The molecule has 0 bridgehead atoms. The number of esters is 2. The van der Waals surface area contributed by atoms with Crippen molar-refractivity contribution >= 4 is 29.3 Å². The highest BCUT2D eigenvalue weighted by Gasteiger charge is 2.46. The average molecular weight is 490 g/mol. The smallest absolute Gasteiger partial charge is 0.337 e. The zero-order chi connectivity index (χ0) is 25.2. The fourth-order valence-corrected chi connectivity index (χ4v) is 5.56. The number of rotatable bonds is 6. The Bertz CT molecular complexity index is 1210. The van der Waals surface area contributed by atoms with Crippen LogP contribution in [-0.2, 0) is 20.8 Å². The van der Waals surface area contributed by atoms with E-state index in [2.05, 4.69) is 9.80 Å². The standard InChI is InChI=1S/C28H31N3O5/c1-34-21-12-9-18(10-13-21)17-30-23-14-11-20(26(32)35-2)15-24(23)31-25(19-7-5-4-6-8-19)22(27(33)36-3)16-29-28(30)31/h9-16,19,25H,4-8,17H2,1-3H3. The molecular formula is C28H31N3O5. The van der Waals surface area contributed by atoms with Gasteiger partial charge >= 0.3 is 11.9 Å². The zero-order valence-corrected chi connectivity index (χ0v) is 20.9. The lowest BCUT2D eigenvalue weighted by atomic mass is 9.80. The molecule has 2 aromatic rings. The first-order valence-corrected chi connectivity index (χ1v) is 12.3. The molecule has 0 N–H and O–H groups in total. The maximum atomic E-state index is 12.9. The lowest BCUT2D eigenvalue weighted by Gasteiger charge is -2.40. The quantitative estimate of drug-likeness (QED) is 0.545. The van der Waals surface area contributed by atoms with Gasteiger partial charge in [-0.05, 0) is 54.7 Å². The van der Waals surface area contributed by atoms with Gasteiger partial charge in [0.05, 0.1) is 56.4 Å². The second-order valence-corrected chi connectivity index (χ2v) is 9.35. The lowest BCUT2D eigenvalue weighted by Crippen LogP contribution is -2.51. The average Bonchev–Trinajstić information content (AvgIpc) is 3.25. The van der Waals surface area contributed by atoms with Crippen LogP contribution in [0, 0.1) is 5.92 Å². The van der Waals surface area contributed by atoms with Gasteiger partial charge in [0.15, 0.2) is 0 Å². The summed E-state index contributed by atoms with van der Waals surface area (Å²) in [6.07, 6.45) is 7.17. The highest BCUT2D eigenvalue weighted by atomic mass is 16.5. The number of aliphatic imine (C=N–C) groups is 1. The summed E-state index contributed by atoms with van der Waals surface area (Å²) in [5.41, 5.74) is 3.86. The number of hydrogen-bond acceptors (Lipinski definition) is 8. The topological polar surface area (TPSA) is 80.7 Å². The Balaban J connectivity index is 1.62. The van der Waals surface area contributed by atoms with Crippen LogP contribution in [0.5, 0.6) is 5.75 Å². The fraction of sp³-hybridized carbons (Fsp3) is 0.393. The minimum atomic E-state index is -0.403. The van der Waals surface area contributed by atoms with Crippen LogP contribution in [0.1, 0.15) is 48.0 Å². The maximum absolute atomic E-state index is 12.9. The van der Waals surface area contributed by atoms with Crippen LogP contribution in [0.15, 0.2) is 59.2 Å². The van der Waals surface area contributed by atoms with E-state index in [9.17, 15) is 9.59 Å². The van der Waals surface area contributed by atoms with Gasteiger partial charge < -0.3 is 24.0 Å². The minimum Gasteiger partial charge on any atom is -0.497 e. The summed E-state index contributed by atoms with van der Waals surface area (Å²) in [5.74, 6) is 1.03. The highest BCUT2D eigenvalue weighted by molar-refractivity contribution is 6.19. The summed E-state index contributed by atoms with van der Waals surface area (Å²) in [7, 11) is 4.43. The molecule has 0 radical (unpaired) electrons. The molecule has 3 aliphatic rings. The normalized spacial score (nSPS) is 19.1. The Labute approximate surface area is 211 Å². The van der Waals surface area contributed by atoms with Crippen LogP contribution < -0.4 is 14.5 Å². The van der Waals surface area contributed by atoms with Gasteiger partial charge in [0.2, 0.25) is 5.96 Å². The molecule has 188 valence electrons. The van der Waals surface area contributed by atoms with Gasteiger partial charge in [-0.25, -0.2) is 14.6 Å². The Morgan fingerprint density at radius 2 is 1.64 bits per heavy atom. The maximum Gasteiger partial charge on any atom is 0.337 e. The Hall–Kier alpha value is -3.81. The molecule has 1 fully saturated rings. The molecule has 2 aliphatic heterocycles. The minimum absolute atomic E-state index is 0.224. The number of hydrogen-bond donors (Lipinski definition) is 0. The molecular weight excluding hydrogens is 458 g/mol. The first kappa shape index (κ1) is 23.9. The molecule has 2 aromatic carbocycles. The van der Waals surface area contributed by atoms with E-state index >= 15 is 0 Å². The number of carbonyl (C=O) groups is 2. The van der Waals surface area contributed by atoms with E-state index in [0.717, 1.165) is 54.3 Å². The molecule has 1 saturated carbocycles. The summed E-state index contributed by atoms with van der Waals surface area (Å²) in [4.78, 5) is 34.4. The number of nitrogens with zero attached hydrogens (tertiary/aromatic N) is 3. The third-order valence-corrected chi connectivity index (χ3v) is 7.34. The van der Waals surface area contributed by atoms with Crippen LogP contribution in [0.3, 0.4) is 0 Å². The van der Waals surface area contributed by atoms with Gasteiger partial charge in [0, 0.05) is 6.20 Å². The van der Waals surface area contributed by atoms with Crippen molar-refractivity contribution in [2.45, 2.75) is 44.7 Å². The second-order valence-electron chi connectivity index (χ2n) is 9.35. The van der Waals surface area contributed by atoms with Crippen LogP contribution in [0.2, 0.25) is 0 Å². The fourth-order valence-electron chi connectivity index (χ4n) is 5.56. The van der Waals surface area contributed by atoms with Gasteiger partial charge in [-0.3, -0.25) is 0 Å². The van der Waals surface area contributed by atoms with Crippen molar-refractivity contribution in [3.05, 3.63) is 65.4 Å². The van der Waals surface area contributed by atoms with Crippen LogP contribution in [0.4, 0.5) is 11.4 Å². The van der Waals surface area contributed by atoms with E-state index in [0.29, 0.717) is 17.7 Å². The number of fused-ring (bicyclic) bond motifs is 3. The lowest BCUT2D eigenvalue weighted by molar-refractivity contribution is -0.136. The number of benzene rings is 2. The van der Waals surface area contributed by atoms with E-state index in [4.69, 9.17) is 19.2 Å². The molecule has 0 amide bonds. The van der Waals surface area contributed by atoms with Crippen molar-refractivity contribution in [3.8, 4) is 5.75 Å². The van der Waals surface area contributed by atoms with Gasteiger partial charge in [-0.15, -0.1) is 0 Å². The van der Waals surface area contributed by atoms with Crippen LogP contribution in [-0.4, -0.2) is 45.3 Å². The van der Waals surface area contributed by atoms with Gasteiger partial charge in [-0.1, -0.05) is 31.4 Å². The largest absolute Gasteiger partial charge is 0.497 e. The second kappa shape index (κ2) is 10.0. The summed E-state index contributed by atoms with van der Waals surface area (Å²) >= 11 is 0. The SMILES string of the molecule is COC(=O)C1=CN=C2N(Cc3ccc(OC)cc3)c3ccc(C(=O)OC)cc3N2C1C1CCCCC1. The third kappa shape index (κ3) is 4.21.